The standard InChI is InChI=1S/C16H21N3O2/c1-20-14-10-12-6-7-17-16(13(12)11-15(14)21-2)18-19-8-4-3-5-9-19/h6-7,10-11H,3-5,8-9H2,1-2H3,(H,17,18). The first-order chi connectivity index (χ1) is 10.3. The molecule has 21 heavy (non-hydrogen) atoms. The van der Waals surface area contributed by atoms with Gasteiger partial charge in [0.25, 0.3) is 0 Å². The summed E-state index contributed by atoms with van der Waals surface area (Å²) < 4.78 is 10.8. The molecule has 1 fully saturated rings. The van der Waals surface area contributed by atoms with Crippen molar-refractivity contribution in [3.8, 4) is 11.5 Å². The molecule has 1 aliphatic heterocycles. The number of hydrogen-bond donors (Lipinski definition) is 1. The van der Waals surface area contributed by atoms with Gasteiger partial charge in [-0.3, -0.25) is 0 Å². The van der Waals surface area contributed by atoms with Crippen LogP contribution >= 0.6 is 0 Å². The summed E-state index contributed by atoms with van der Waals surface area (Å²) in [6.45, 7) is 2.12. The molecule has 0 amide bonds. The Balaban J connectivity index is 1.97. The number of rotatable bonds is 4. The first kappa shape index (κ1) is 13.9. The summed E-state index contributed by atoms with van der Waals surface area (Å²) in [6, 6.07) is 5.95. The van der Waals surface area contributed by atoms with E-state index in [4.69, 9.17) is 9.47 Å². The van der Waals surface area contributed by atoms with Gasteiger partial charge in [-0.05, 0) is 36.4 Å². The van der Waals surface area contributed by atoms with Crippen molar-refractivity contribution in [3.63, 3.8) is 0 Å². The molecule has 0 radical (unpaired) electrons. The van der Waals surface area contributed by atoms with Crippen molar-refractivity contribution in [2.75, 3.05) is 32.7 Å². The van der Waals surface area contributed by atoms with Gasteiger partial charge in [0, 0.05) is 24.7 Å². The monoisotopic (exact) mass is 287 g/mol. The second-order valence-corrected chi connectivity index (χ2v) is 5.25. The lowest BCUT2D eigenvalue weighted by atomic mass is 10.1. The highest BCUT2D eigenvalue weighted by Gasteiger charge is 2.14. The lowest BCUT2D eigenvalue weighted by Gasteiger charge is -2.27. The van der Waals surface area contributed by atoms with Crippen LogP contribution in [0.25, 0.3) is 10.8 Å². The molecule has 1 aliphatic rings. The summed E-state index contributed by atoms with van der Waals surface area (Å²) in [5, 5.41) is 4.37. The quantitative estimate of drug-likeness (QED) is 0.936. The van der Waals surface area contributed by atoms with Gasteiger partial charge in [0.2, 0.25) is 0 Å². The maximum atomic E-state index is 5.40. The van der Waals surface area contributed by atoms with Crippen molar-refractivity contribution >= 4 is 16.6 Å². The van der Waals surface area contributed by atoms with Crippen molar-refractivity contribution in [1.29, 1.82) is 0 Å². The molecular formula is C16H21N3O2. The maximum absolute atomic E-state index is 5.40. The Morgan fingerprint density at radius 3 is 2.48 bits per heavy atom. The minimum absolute atomic E-state index is 0.722. The van der Waals surface area contributed by atoms with Crippen LogP contribution in [0, 0.1) is 0 Å². The molecule has 1 aromatic carbocycles. The predicted molar refractivity (Wildman–Crippen MR) is 83.9 cm³/mol. The average Bonchev–Trinajstić information content (AvgIpc) is 2.55. The molecule has 0 saturated carbocycles. The number of methoxy groups -OCH3 is 2. The molecule has 1 N–H and O–H groups in total. The van der Waals surface area contributed by atoms with Crippen LogP contribution in [-0.2, 0) is 0 Å². The van der Waals surface area contributed by atoms with Gasteiger partial charge in [0.1, 0.15) is 5.82 Å². The van der Waals surface area contributed by atoms with Crippen molar-refractivity contribution in [1.82, 2.24) is 9.99 Å². The third kappa shape index (κ3) is 2.88. The summed E-state index contributed by atoms with van der Waals surface area (Å²) in [6.07, 6.45) is 5.59. The van der Waals surface area contributed by atoms with Gasteiger partial charge in [-0.2, -0.15) is 0 Å². The zero-order valence-corrected chi connectivity index (χ0v) is 12.6. The van der Waals surface area contributed by atoms with E-state index < -0.39 is 0 Å². The smallest absolute Gasteiger partial charge is 0.161 e. The van der Waals surface area contributed by atoms with Crippen molar-refractivity contribution < 1.29 is 9.47 Å². The van der Waals surface area contributed by atoms with E-state index in [1.165, 1.54) is 19.3 Å². The molecule has 0 aliphatic carbocycles. The van der Waals surface area contributed by atoms with Crippen molar-refractivity contribution in [3.05, 3.63) is 24.4 Å². The molecule has 2 heterocycles. The normalized spacial score (nSPS) is 15.9. The van der Waals surface area contributed by atoms with Gasteiger partial charge in [0.15, 0.2) is 11.5 Å². The number of pyridine rings is 1. The minimum Gasteiger partial charge on any atom is -0.493 e. The van der Waals surface area contributed by atoms with E-state index in [0.29, 0.717) is 0 Å². The number of ether oxygens (including phenoxy) is 2. The molecule has 0 bridgehead atoms. The van der Waals surface area contributed by atoms with E-state index >= 15 is 0 Å². The van der Waals surface area contributed by atoms with Gasteiger partial charge < -0.3 is 14.9 Å². The highest BCUT2D eigenvalue weighted by Crippen LogP contribution is 2.34. The highest BCUT2D eigenvalue weighted by atomic mass is 16.5. The van der Waals surface area contributed by atoms with E-state index in [-0.39, 0.29) is 0 Å². The molecule has 3 rings (SSSR count). The van der Waals surface area contributed by atoms with E-state index in [1.54, 1.807) is 14.2 Å². The molecule has 0 unspecified atom stereocenters. The molecule has 2 aromatic rings. The second kappa shape index (κ2) is 6.18. The molecule has 5 nitrogen and oxygen atoms in total. The summed E-state index contributed by atoms with van der Waals surface area (Å²) in [5.74, 6) is 2.33. The molecular weight excluding hydrogens is 266 g/mol. The van der Waals surface area contributed by atoms with E-state index in [9.17, 15) is 0 Å². The zero-order valence-electron chi connectivity index (χ0n) is 12.6. The topological polar surface area (TPSA) is 46.6 Å². The number of hydrazine groups is 1. The van der Waals surface area contributed by atoms with Gasteiger partial charge in [-0.25, -0.2) is 9.99 Å². The van der Waals surface area contributed by atoms with Crippen LogP contribution in [0.15, 0.2) is 24.4 Å². The van der Waals surface area contributed by atoms with Crippen LogP contribution < -0.4 is 14.9 Å². The van der Waals surface area contributed by atoms with Gasteiger partial charge in [-0.15, -0.1) is 0 Å². The highest BCUT2D eigenvalue weighted by molar-refractivity contribution is 5.94. The number of piperidine rings is 1. The van der Waals surface area contributed by atoms with Crippen molar-refractivity contribution in [2.24, 2.45) is 0 Å². The van der Waals surface area contributed by atoms with Gasteiger partial charge in [-0.1, -0.05) is 6.42 Å². The fourth-order valence-electron chi connectivity index (χ4n) is 2.74. The third-order valence-electron chi connectivity index (χ3n) is 3.89. The zero-order chi connectivity index (χ0) is 14.7. The number of anilines is 1. The average molecular weight is 287 g/mol. The Hall–Kier alpha value is -2.01. The van der Waals surface area contributed by atoms with Gasteiger partial charge in [0.05, 0.1) is 14.2 Å². The molecule has 112 valence electrons. The fraction of sp³-hybridized carbons (Fsp3) is 0.438. The molecule has 1 aromatic heterocycles. The van der Waals surface area contributed by atoms with Crippen LogP contribution in [0.3, 0.4) is 0 Å². The molecule has 1 saturated heterocycles. The number of aromatic nitrogens is 1. The summed E-state index contributed by atoms with van der Waals surface area (Å²) >= 11 is 0. The number of fused-ring (bicyclic) bond motifs is 1. The summed E-state index contributed by atoms with van der Waals surface area (Å²) in [7, 11) is 3.30. The lowest BCUT2D eigenvalue weighted by molar-refractivity contribution is 0.272. The summed E-state index contributed by atoms with van der Waals surface area (Å²) in [4.78, 5) is 4.48. The van der Waals surface area contributed by atoms with Crippen LogP contribution in [0.4, 0.5) is 5.82 Å². The Bertz CT molecular complexity index is 624. The molecule has 0 spiro atoms. The van der Waals surface area contributed by atoms with Crippen LogP contribution in [0.5, 0.6) is 11.5 Å². The Morgan fingerprint density at radius 1 is 1.05 bits per heavy atom. The van der Waals surface area contributed by atoms with Crippen LogP contribution in [0.2, 0.25) is 0 Å². The molecule has 5 heteroatoms. The Kier molecular flexibility index (Phi) is 4.10. The Labute approximate surface area is 124 Å². The minimum atomic E-state index is 0.722. The van der Waals surface area contributed by atoms with Crippen LogP contribution in [-0.4, -0.2) is 37.3 Å². The predicted octanol–water partition coefficient (Wildman–Crippen LogP) is 3.06. The number of hydrogen-bond acceptors (Lipinski definition) is 5. The fourth-order valence-corrected chi connectivity index (χ4v) is 2.74. The van der Waals surface area contributed by atoms with E-state index in [1.807, 2.05) is 24.4 Å². The SMILES string of the molecule is COc1cc2ccnc(NN3CCCCC3)c2cc1OC. The van der Waals surface area contributed by atoms with Crippen LogP contribution in [0.1, 0.15) is 19.3 Å². The van der Waals surface area contributed by atoms with E-state index in [2.05, 4.69) is 15.4 Å². The first-order valence-electron chi connectivity index (χ1n) is 7.34. The third-order valence-corrected chi connectivity index (χ3v) is 3.89. The van der Waals surface area contributed by atoms with Gasteiger partial charge >= 0.3 is 0 Å². The molecule has 0 atom stereocenters. The Morgan fingerprint density at radius 2 is 1.76 bits per heavy atom. The summed E-state index contributed by atoms with van der Waals surface area (Å²) in [5.41, 5.74) is 3.44. The van der Waals surface area contributed by atoms with Crippen molar-refractivity contribution in [2.45, 2.75) is 19.3 Å². The number of nitrogens with zero attached hydrogens (tertiary/aromatic N) is 2. The maximum Gasteiger partial charge on any atom is 0.161 e. The largest absolute Gasteiger partial charge is 0.493 e. The second-order valence-electron chi connectivity index (χ2n) is 5.25. The number of nitrogens with one attached hydrogen (secondary N) is 1. The lowest BCUT2D eigenvalue weighted by Crippen LogP contribution is -2.35. The number of benzene rings is 1. The first-order valence-corrected chi connectivity index (χ1v) is 7.34. The van der Waals surface area contributed by atoms with E-state index in [0.717, 1.165) is 41.2 Å².